The van der Waals surface area contributed by atoms with Crippen LogP contribution in [-0.2, 0) is 4.79 Å². The second-order valence-electron chi connectivity index (χ2n) is 8.16. The SMILES string of the molecule is COc1cc(OC)cc(C(=O)NCCN2CCC3(CC2)C(=O)NCN3c2ccccc2)c1. The Morgan fingerprint density at radius 1 is 1.06 bits per heavy atom. The molecule has 0 aromatic heterocycles. The third-order valence-corrected chi connectivity index (χ3v) is 6.42. The fourth-order valence-electron chi connectivity index (χ4n) is 4.55. The number of methoxy groups -OCH3 is 2. The van der Waals surface area contributed by atoms with Crippen LogP contribution in [0.15, 0.2) is 48.5 Å². The summed E-state index contributed by atoms with van der Waals surface area (Å²) >= 11 is 0. The largest absolute Gasteiger partial charge is 0.497 e. The molecular weight excluding hydrogens is 408 g/mol. The fraction of sp³-hybridized carbons (Fsp3) is 0.417. The Labute approximate surface area is 188 Å². The van der Waals surface area contributed by atoms with Crippen LogP contribution in [0.3, 0.4) is 0 Å². The molecule has 2 saturated heterocycles. The smallest absolute Gasteiger partial charge is 0.251 e. The van der Waals surface area contributed by atoms with Crippen LogP contribution in [-0.4, -0.2) is 69.3 Å². The highest BCUT2D eigenvalue weighted by Gasteiger charge is 2.50. The van der Waals surface area contributed by atoms with Crippen molar-refractivity contribution in [1.82, 2.24) is 15.5 Å². The van der Waals surface area contributed by atoms with Gasteiger partial charge in [0.05, 0.1) is 20.9 Å². The van der Waals surface area contributed by atoms with E-state index >= 15 is 0 Å². The Morgan fingerprint density at radius 2 is 1.72 bits per heavy atom. The van der Waals surface area contributed by atoms with Crippen LogP contribution >= 0.6 is 0 Å². The van der Waals surface area contributed by atoms with E-state index in [9.17, 15) is 9.59 Å². The Morgan fingerprint density at radius 3 is 2.34 bits per heavy atom. The summed E-state index contributed by atoms with van der Waals surface area (Å²) in [5.41, 5.74) is 1.08. The van der Waals surface area contributed by atoms with Gasteiger partial charge in [0.15, 0.2) is 0 Å². The molecule has 32 heavy (non-hydrogen) atoms. The van der Waals surface area contributed by atoms with Crippen LogP contribution in [0, 0.1) is 0 Å². The quantitative estimate of drug-likeness (QED) is 0.687. The highest BCUT2D eigenvalue weighted by Crippen LogP contribution is 2.36. The van der Waals surface area contributed by atoms with Crippen LogP contribution in [0.25, 0.3) is 0 Å². The van der Waals surface area contributed by atoms with Crippen LogP contribution < -0.4 is 25.0 Å². The number of piperidine rings is 1. The number of carbonyl (C=O) groups excluding carboxylic acids is 2. The van der Waals surface area contributed by atoms with E-state index in [4.69, 9.17) is 9.47 Å². The first kappa shape index (κ1) is 22.0. The summed E-state index contributed by atoms with van der Waals surface area (Å²) in [6.45, 7) is 3.41. The first-order chi connectivity index (χ1) is 15.6. The van der Waals surface area contributed by atoms with E-state index in [2.05, 4.69) is 32.6 Å². The van der Waals surface area contributed by atoms with Crippen molar-refractivity contribution in [2.24, 2.45) is 0 Å². The fourth-order valence-corrected chi connectivity index (χ4v) is 4.55. The van der Waals surface area contributed by atoms with Gasteiger partial charge in [-0.05, 0) is 37.1 Å². The van der Waals surface area contributed by atoms with Crippen LogP contribution in [0.2, 0.25) is 0 Å². The number of nitrogens with one attached hydrogen (secondary N) is 2. The summed E-state index contributed by atoms with van der Waals surface area (Å²) in [7, 11) is 3.12. The number of hydrogen-bond acceptors (Lipinski definition) is 6. The molecule has 2 aliphatic heterocycles. The third-order valence-electron chi connectivity index (χ3n) is 6.42. The van der Waals surface area contributed by atoms with Crippen LogP contribution in [0.4, 0.5) is 5.69 Å². The molecule has 8 nitrogen and oxygen atoms in total. The molecule has 2 heterocycles. The van der Waals surface area contributed by atoms with E-state index in [0.29, 0.717) is 30.3 Å². The number of carbonyl (C=O) groups is 2. The van der Waals surface area contributed by atoms with E-state index in [-0.39, 0.29) is 11.8 Å². The Balaban J connectivity index is 1.31. The number of ether oxygens (including phenoxy) is 2. The maximum absolute atomic E-state index is 12.8. The molecule has 0 unspecified atom stereocenters. The number of benzene rings is 2. The van der Waals surface area contributed by atoms with Gasteiger partial charge in [0.2, 0.25) is 5.91 Å². The lowest BCUT2D eigenvalue weighted by molar-refractivity contribution is -0.125. The van der Waals surface area contributed by atoms with E-state index in [1.807, 2.05) is 18.2 Å². The molecule has 0 saturated carbocycles. The van der Waals surface area contributed by atoms with Crippen LogP contribution in [0.1, 0.15) is 23.2 Å². The van der Waals surface area contributed by atoms with Crippen molar-refractivity contribution in [1.29, 1.82) is 0 Å². The molecule has 8 heteroatoms. The second kappa shape index (κ2) is 9.48. The molecule has 4 rings (SSSR count). The molecule has 2 aliphatic rings. The zero-order valence-electron chi connectivity index (χ0n) is 18.6. The van der Waals surface area contributed by atoms with E-state index in [1.165, 1.54) is 0 Å². The lowest BCUT2D eigenvalue weighted by Crippen LogP contribution is -2.57. The topological polar surface area (TPSA) is 83.1 Å². The van der Waals surface area contributed by atoms with Crippen molar-refractivity contribution < 1.29 is 19.1 Å². The summed E-state index contributed by atoms with van der Waals surface area (Å²) in [5, 5.41) is 6.00. The molecule has 0 aliphatic carbocycles. The summed E-state index contributed by atoms with van der Waals surface area (Å²) < 4.78 is 10.5. The molecule has 170 valence electrons. The predicted octanol–water partition coefficient (Wildman–Crippen LogP) is 1.86. The first-order valence-corrected chi connectivity index (χ1v) is 10.9. The first-order valence-electron chi connectivity index (χ1n) is 10.9. The minimum absolute atomic E-state index is 0.112. The van der Waals surface area contributed by atoms with Gasteiger partial charge in [0, 0.05) is 43.5 Å². The number of hydrogen-bond donors (Lipinski definition) is 2. The zero-order valence-corrected chi connectivity index (χ0v) is 18.6. The highest BCUT2D eigenvalue weighted by atomic mass is 16.5. The minimum atomic E-state index is -0.488. The van der Waals surface area contributed by atoms with Crippen molar-refractivity contribution in [3.63, 3.8) is 0 Å². The van der Waals surface area contributed by atoms with E-state index in [0.717, 1.165) is 38.2 Å². The van der Waals surface area contributed by atoms with Gasteiger partial charge in [-0.3, -0.25) is 9.59 Å². The Kier molecular flexibility index (Phi) is 6.50. The monoisotopic (exact) mass is 438 g/mol. The molecule has 0 bridgehead atoms. The summed E-state index contributed by atoms with van der Waals surface area (Å²) in [6, 6.07) is 15.2. The van der Waals surface area contributed by atoms with Gasteiger partial charge >= 0.3 is 0 Å². The molecule has 2 aromatic carbocycles. The molecule has 2 fully saturated rings. The van der Waals surface area contributed by atoms with Crippen molar-refractivity contribution in [3.8, 4) is 11.5 Å². The summed E-state index contributed by atoms with van der Waals surface area (Å²) in [4.78, 5) is 29.8. The van der Waals surface area contributed by atoms with Gasteiger partial charge in [-0.15, -0.1) is 0 Å². The number of amides is 2. The summed E-state index contributed by atoms with van der Waals surface area (Å²) in [6.07, 6.45) is 1.52. The lowest BCUT2D eigenvalue weighted by atomic mass is 9.85. The number of likely N-dealkylation sites (tertiary alicyclic amines) is 1. The third kappa shape index (κ3) is 4.36. The van der Waals surface area contributed by atoms with Gasteiger partial charge in [-0.2, -0.15) is 0 Å². The normalized spacial score (nSPS) is 17.8. The Hall–Kier alpha value is -3.26. The molecule has 2 aromatic rings. The summed E-state index contributed by atoms with van der Waals surface area (Å²) in [5.74, 6) is 1.10. The van der Waals surface area contributed by atoms with Gasteiger partial charge in [-0.1, -0.05) is 18.2 Å². The number of rotatable bonds is 7. The number of anilines is 1. The average molecular weight is 439 g/mol. The van der Waals surface area contributed by atoms with Crippen molar-refractivity contribution in [3.05, 3.63) is 54.1 Å². The highest BCUT2D eigenvalue weighted by molar-refractivity contribution is 5.95. The molecule has 2 N–H and O–H groups in total. The minimum Gasteiger partial charge on any atom is -0.497 e. The predicted molar refractivity (Wildman–Crippen MR) is 122 cm³/mol. The maximum Gasteiger partial charge on any atom is 0.251 e. The van der Waals surface area contributed by atoms with Crippen molar-refractivity contribution >= 4 is 17.5 Å². The lowest BCUT2D eigenvalue weighted by Gasteiger charge is -2.43. The van der Waals surface area contributed by atoms with E-state index in [1.54, 1.807) is 32.4 Å². The average Bonchev–Trinajstić information content (AvgIpc) is 3.15. The molecule has 1 spiro atoms. The van der Waals surface area contributed by atoms with Gasteiger partial charge < -0.3 is 29.9 Å². The molecule has 2 amide bonds. The van der Waals surface area contributed by atoms with Gasteiger partial charge in [-0.25, -0.2) is 0 Å². The van der Waals surface area contributed by atoms with Gasteiger partial charge in [0.1, 0.15) is 17.0 Å². The second-order valence-corrected chi connectivity index (χ2v) is 8.16. The van der Waals surface area contributed by atoms with E-state index < -0.39 is 5.54 Å². The maximum atomic E-state index is 12.8. The molecule has 0 atom stereocenters. The zero-order chi connectivity index (χ0) is 22.6. The number of para-hydroxylation sites is 1. The number of nitrogens with zero attached hydrogens (tertiary/aromatic N) is 2. The molecular formula is C24H30N4O4. The van der Waals surface area contributed by atoms with Crippen LogP contribution in [0.5, 0.6) is 11.5 Å². The molecule has 0 radical (unpaired) electrons. The Bertz CT molecular complexity index is 935. The van der Waals surface area contributed by atoms with Gasteiger partial charge in [0.25, 0.3) is 5.91 Å². The van der Waals surface area contributed by atoms with Crippen molar-refractivity contribution in [2.75, 3.05) is 52.0 Å². The van der Waals surface area contributed by atoms with Crippen molar-refractivity contribution in [2.45, 2.75) is 18.4 Å². The standard InChI is InChI=1S/C24H30N4O4/c1-31-20-14-18(15-21(16-20)32-2)22(29)25-10-13-27-11-8-24(9-12-27)23(30)26-17-28(24)19-6-4-3-5-7-19/h3-7,14-16H,8-13,17H2,1-2H3,(H,25,29)(H,26,30).